The number of carbonyl (C=O) groups is 1. The predicted octanol–water partition coefficient (Wildman–Crippen LogP) is 2.05. The van der Waals surface area contributed by atoms with Gasteiger partial charge in [-0.2, -0.15) is 0 Å². The van der Waals surface area contributed by atoms with E-state index in [9.17, 15) is 4.79 Å². The molecule has 90 valence electrons. The zero-order valence-electron chi connectivity index (χ0n) is 10.8. The lowest BCUT2D eigenvalue weighted by atomic mass is 9.72. The number of carbonyl (C=O) groups excluding carboxylic acids is 1. The van der Waals surface area contributed by atoms with Crippen molar-refractivity contribution >= 4 is 5.91 Å². The van der Waals surface area contributed by atoms with Crippen molar-refractivity contribution in [3.63, 3.8) is 0 Å². The molecule has 0 fully saturated rings. The average molecular weight is 223 g/mol. The summed E-state index contributed by atoms with van der Waals surface area (Å²) in [4.78, 5) is 11.4. The van der Waals surface area contributed by atoms with Gasteiger partial charge in [0.1, 0.15) is 0 Å². The Morgan fingerprint density at radius 3 is 2.44 bits per heavy atom. The van der Waals surface area contributed by atoms with Crippen molar-refractivity contribution in [3.8, 4) is 0 Å². The molecule has 0 aromatic heterocycles. The number of ether oxygens (including phenoxy) is 1. The summed E-state index contributed by atoms with van der Waals surface area (Å²) >= 11 is 0. The largest absolute Gasteiger partial charge is 0.373 e. The third kappa shape index (κ3) is 2.19. The highest BCUT2D eigenvalue weighted by molar-refractivity contribution is 5.96. The fourth-order valence-corrected chi connectivity index (χ4v) is 1.95. The molecule has 1 atom stereocenters. The summed E-state index contributed by atoms with van der Waals surface area (Å²) in [6.45, 7) is 6.42. The lowest BCUT2D eigenvalue weighted by Crippen LogP contribution is -2.43. The zero-order chi connectivity index (χ0) is 12.4. The first-order valence-corrected chi connectivity index (χ1v) is 5.53. The van der Waals surface area contributed by atoms with Gasteiger partial charge in [0, 0.05) is 19.7 Å². The van der Waals surface area contributed by atoms with E-state index in [1.54, 1.807) is 14.2 Å². The van der Waals surface area contributed by atoms with Gasteiger partial charge in [-0.15, -0.1) is 0 Å². The van der Waals surface area contributed by atoms with Gasteiger partial charge >= 0.3 is 0 Å². The lowest BCUT2D eigenvalue weighted by Gasteiger charge is -2.42. The Morgan fingerprint density at radius 2 is 2.12 bits per heavy atom. The van der Waals surface area contributed by atoms with E-state index in [2.05, 4.69) is 26.1 Å². The molecule has 0 saturated heterocycles. The number of hydrogen-bond acceptors (Lipinski definition) is 2. The van der Waals surface area contributed by atoms with Crippen LogP contribution in [0.2, 0.25) is 0 Å². The van der Waals surface area contributed by atoms with Gasteiger partial charge in [0.05, 0.1) is 5.60 Å². The monoisotopic (exact) mass is 223 g/mol. The first-order valence-electron chi connectivity index (χ1n) is 5.53. The molecular formula is C13H21NO2. The number of amides is 1. The Balaban J connectivity index is 2.92. The fourth-order valence-electron chi connectivity index (χ4n) is 1.95. The summed E-state index contributed by atoms with van der Waals surface area (Å²) < 4.78 is 5.64. The highest BCUT2D eigenvalue weighted by Crippen LogP contribution is 2.40. The molecule has 1 unspecified atom stereocenters. The van der Waals surface area contributed by atoms with Crippen LogP contribution in [0.3, 0.4) is 0 Å². The lowest BCUT2D eigenvalue weighted by molar-refractivity contribution is -0.116. The minimum Gasteiger partial charge on any atom is -0.373 e. The summed E-state index contributed by atoms with van der Waals surface area (Å²) in [6, 6.07) is 0. The Morgan fingerprint density at radius 1 is 1.50 bits per heavy atom. The van der Waals surface area contributed by atoms with Crippen molar-refractivity contribution in [2.75, 3.05) is 14.2 Å². The van der Waals surface area contributed by atoms with E-state index in [-0.39, 0.29) is 16.9 Å². The van der Waals surface area contributed by atoms with Crippen molar-refractivity contribution in [1.82, 2.24) is 5.32 Å². The standard InChI is InChI=1S/C13H21NO2/c1-12(2,3)13(16-5)8-6-10(7-9-13)11(15)14-4/h6-8H,9H2,1-5H3,(H,14,15). The Kier molecular flexibility index (Phi) is 3.58. The second-order valence-electron chi connectivity index (χ2n) is 5.12. The molecule has 0 spiro atoms. The topological polar surface area (TPSA) is 38.3 Å². The molecule has 3 heteroatoms. The van der Waals surface area contributed by atoms with Gasteiger partial charge in [0.25, 0.3) is 5.91 Å². The number of likely N-dealkylation sites (N-methyl/N-ethyl adjacent to an activating group) is 1. The maximum atomic E-state index is 11.4. The van der Waals surface area contributed by atoms with Crippen LogP contribution in [0.4, 0.5) is 0 Å². The molecule has 0 bridgehead atoms. The minimum atomic E-state index is -0.315. The molecule has 16 heavy (non-hydrogen) atoms. The normalized spacial score (nSPS) is 25.2. The zero-order valence-corrected chi connectivity index (χ0v) is 10.8. The molecule has 1 aliphatic carbocycles. The van der Waals surface area contributed by atoms with E-state index >= 15 is 0 Å². The quantitative estimate of drug-likeness (QED) is 0.778. The van der Waals surface area contributed by atoms with Crippen LogP contribution >= 0.6 is 0 Å². The average Bonchev–Trinajstić information content (AvgIpc) is 2.26. The number of rotatable bonds is 2. The van der Waals surface area contributed by atoms with Crippen molar-refractivity contribution in [1.29, 1.82) is 0 Å². The van der Waals surface area contributed by atoms with Gasteiger partial charge in [-0.25, -0.2) is 0 Å². The van der Waals surface area contributed by atoms with E-state index < -0.39 is 0 Å². The molecule has 1 N–H and O–H groups in total. The third-order valence-electron chi connectivity index (χ3n) is 3.28. The van der Waals surface area contributed by atoms with Gasteiger partial charge in [-0.3, -0.25) is 4.79 Å². The van der Waals surface area contributed by atoms with Gasteiger partial charge in [-0.1, -0.05) is 39.0 Å². The highest BCUT2D eigenvalue weighted by atomic mass is 16.5. The van der Waals surface area contributed by atoms with Crippen LogP contribution in [0.25, 0.3) is 0 Å². The Hall–Kier alpha value is -1.09. The molecule has 0 aliphatic heterocycles. The first-order chi connectivity index (χ1) is 7.36. The van der Waals surface area contributed by atoms with Crippen molar-refractivity contribution in [2.45, 2.75) is 32.8 Å². The minimum absolute atomic E-state index is 0.00295. The van der Waals surface area contributed by atoms with E-state index in [1.807, 2.05) is 18.2 Å². The van der Waals surface area contributed by atoms with E-state index in [0.717, 1.165) is 6.42 Å². The predicted molar refractivity (Wildman–Crippen MR) is 65.1 cm³/mol. The van der Waals surface area contributed by atoms with Gasteiger partial charge in [-0.05, 0) is 11.8 Å². The summed E-state index contributed by atoms with van der Waals surface area (Å²) in [5.74, 6) is -0.0464. The van der Waals surface area contributed by atoms with Crippen LogP contribution in [0.1, 0.15) is 27.2 Å². The number of nitrogens with one attached hydrogen (secondary N) is 1. The summed E-state index contributed by atoms with van der Waals surface area (Å²) in [5.41, 5.74) is 0.396. The van der Waals surface area contributed by atoms with Crippen LogP contribution < -0.4 is 5.32 Å². The smallest absolute Gasteiger partial charge is 0.250 e. The van der Waals surface area contributed by atoms with E-state index in [1.165, 1.54) is 0 Å². The van der Waals surface area contributed by atoms with Crippen molar-refractivity contribution in [2.24, 2.45) is 5.41 Å². The molecule has 1 aliphatic rings. The Bertz CT molecular complexity index is 336. The molecule has 0 aromatic carbocycles. The fraction of sp³-hybridized carbons (Fsp3) is 0.615. The SMILES string of the molecule is CNC(=O)C1=CCC(OC)(C(C)(C)C)C=C1. The van der Waals surface area contributed by atoms with Gasteiger partial charge in [0.15, 0.2) is 0 Å². The van der Waals surface area contributed by atoms with E-state index in [4.69, 9.17) is 4.74 Å². The van der Waals surface area contributed by atoms with Crippen molar-refractivity contribution < 1.29 is 9.53 Å². The maximum absolute atomic E-state index is 11.4. The summed E-state index contributed by atoms with van der Waals surface area (Å²) in [6.07, 6.45) is 6.51. The number of methoxy groups -OCH3 is 1. The molecule has 0 radical (unpaired) electrons. The van der Waals surface area contributed by atoms with Crippen LogP contribution in [0.5, 0.6) is 0 Å². The first kappa shape index (κ1) is 13.0. The van der Waals surface area contributed by atoms with Crippen molar-refractivity contribution in [3.05, 3.63) is 23.8 Å². The third-order valence-corrected chi connectivity index (χ3v) is 3.28. The number of hydrogen-bond donors (Lipinski definition) is 1. The van der Waals surface area contributed by atoms with Gasteiger partial charge in [0.2, 0.25) is 0 Å². The molecule has 0 saturated carbocycles. The van der Waals surface area contributed by atoms with Crippen LogP contribution in [0.15, 0.2) is 23.8 Å². The molecule has 1 rings (SSSR count). The maximum Gasteiger partial charge on any atom is 0.250 e. The molecular weight excluding hydrogens is 202 g/mol. The summed E-state index contributed by atoms with van der Waals surface area (Å²) in [7, 11) is 3.35. The van der Waals surface area contributed by atoms with Crippen LogP contribution in [-0.2, 0) is 9.53 Å². The van der Waals surface area contributed by atoms with E-state index in [0.29, 0.717) is 5.57 Å². The molecule has 0 heterocycles. The van der Waals surface area contributed by atoms with Crippen LogP contribution in [0, 0.1) is 5.41 Å². The molecule has 0 aromatic rings. The molecule has 3 nitrogen and oxygen atoms in total. The van der Waals surface area contributed by atoms with Crippen LogP contribution in [-0.4, -0.2) is 25.7 Å². The second-order valence-corrected chi connectivity index (χ2v) is 5.12. The second kappa shape index (κ2) is 4.42. The Labute approximate surface area is 97.6 Å². The molecule has 1 amide bonds. The highest BCUT2D eigenvalue weighted by Gasteiger charge is 2.40. The van der Waals surface area contributed by atoms with Gasteiger partial charge < -0.3 is 10.1 Å². The summed E-state index contributed by atoms with van der Waals surface area (Å²) in [5, 5.41) is 2.62.